The zero-order valence-electron chi connectivity index (χ0n) is 10.6. The zero-order valence-corrected chi connectivity index (χ0v) is 10.6. The van der Waals surface area contributed by atoms with Crippen molar-refractivity contribution in [2.24, 2.45) is 5.92 Å². The molecule has 1 amide bonds. The van der Waals surface area contributed by atoms with Gasteiger partial charge in [0.1, 0.15) is 5.82 Å². The molecule has 0 aromatic carbocycles. The first-order valence-corrected chi connectivity index (χ1v) is 6.37. The van der Waals surface area contributed by atoms with E-state index in [1.165, 1.54) is 19.3 Å². The van der Waals surface area contributed by atoms with Gasteiger partial charge in [-0.3, -0.25) is 4.79 Å². The second-order valence-corrected chi connectivity index (χ2v) is 4.87. The number of hydrogen-bond donors (Lipinski definition) is 1. The van der Waals surface area contributed by atoms with Gasteiger partial charge in [0.15, 0.2) is 5.82 Å². The molecule has 1 aromatic rings. The highest BCUT2D eigenvalue weighted by molar-refractivity contribution is 5.77. The summed E-state index contributed by atoms with van der Waals surface area (Å²) in [6.45, 7) is 5.25. The molecule has 1 aliphatic heterocycles. The van der Waals surface area contributed by atoms with Crippen LogP contribution in [0.3, 0.4) is 0 Å². The first-order chi connectivity index (χ1) is 8.18. The minimum Gasteiger partial charge on any atom is -0.349 e. The van der Waals surface area contributed by atoms with Crippen LogP contribution in [0.25, 0.3) is 0 Å². The van der Waals surface area contributed by atoms with Crippen LogP contribution in [0.15, 0.2) is 0 Å². The smallest absolute Gasteiger partial charge is 0.222 e. The minimum atomic E-state index is 0.0153. The number of carbonyl (C=O) groups excluding carboxylic acids is 1. The lowest BCUT2D eigenvalue weighted by molar-refractivity contribution is -0.124. The third-order valence-corrected chi connectivity index (χ3v) is 3.13. The highest BCUT2D eigenvalue weighted by atomic mass is 16.1. The number of carbonyl (C=O) groups is 1. The molecular weight excluding hydrogens is 216 g/mol. The van der Waals surface area contributed by atoms with Crippen molar-refractivity contribution in [2.45, 2.75) is 52.6 Å². The molecule has 17 heavy (non-hydrogen) atoms. The van der Waals surface area contributed by atoms with Crippen molar-refractivity contribution < 1.29 is 4.79 Å². The van der Waals surface area contributed by atoms with Crippen molar-refractivity contribution in [1.29, 1.82) is 0 Å². The number of rotatable bonds is 3. The van der Waals surface area contributed by atoms with Gasteiger partial charge in [-0.25, -0.2) is 0 Å². The van der Waals surface area contributed by atoms with Crippen LogP contribution in [0.4, 0.5) is 0 Å². The maximum Gasteiger partial charge on any atom is 0.222 e. The Morgan fingerprint density at radius 2 is 2.18 bits per heavy atom. The fourth-order valence-corrected chi connectivity index (χ4v) is 2.05. The van der Waals surface area contributed by atoms with Gasteiger partial charge in [0, 0.05) is 18.9 Å². The molecule has 0 unspecified atom stereocenters. The lowest BCUT2D eigenvalue weighted by Gasteiger charge is -2.09. The van der Waals surface area contributed by atoms with Crippen molar-refractivity contribution >= 4 is 5.91 Å². The number of aryl methyl sites for hydroxylation is 1. The molecule has 1 aromatic heterocycles. The number of nitrogens with one attached hydrogen (secondary N) is 1. The van der Waals surface area contributed by atoms with Gasteiger partial charge in [0.25, 0.3) is 0 Å². The third kappa shape index (κ3) is 2.84. The lowest BCUT2D eigenvalue weighted by Crippen LogP contribution is -2.28. The topological polar surface area (TPSA) is 59.8 Å². The predicted molar refractivity (Wildman–Crippen MR) is 64.3 cm³/mol. The molecule has 2 rings (SSSR count). The molecule has 0 spiro atoms. The summed E-state index contributed by atoms with van der Waals surface area (Å²) in [6, 6.07) is 0. The summed E-state index contributed by atoms with van der Waals surface area (Å²) >= 11 is 0. The Morgan fingerprint density at radius 1 is 1.35 bits per heavy atom. The van der Waals surface area contributed by atoms with E-state index in [2.05, 4.69) is 20.1 Å². The number of fused-ring (bicyclic) bond motifs is 1. The Morgan fingerprint density at radius 3 is 2.94 bits per heavy atom. The van der Waals surface area contributed by atoms with Gasteiger partial charge in [-0.2, -0.15) is 0 Å². The summed E-state index contributed by atoms with van der Waals surface area (Å²) in [5.41, 5.74) is 0. The van der Waals surface area contributed by atoms with Crippen LogP contribution in [0.5, 0.6) is 0 Å². The van der Waals surface area contributed by atoms with E-state index in [9.17, 15) is 4.79 Å². The molecule has 0 saturated heterocycles. The number of aromatic nitrogens is 3. The summed E-state index contributed by atoms with van der Waals surface area (Å²) in [7, 11) is 0. The van der Waals surface area contributed by atoms with Crippen LogP contribution < -0.4 is 5.32 Å². The van der Waals surface area contributed by atoms with Crippen molar-refractivity contribution in [2.75, 3.05) is 0 Å². The monoisotopic (exact) mass is 236 g/mol. The molecule has 1 aliphatic rings. The van der Waals surface area contributed by atoms with Crippen molar-refractivity contribution in [3.8, 4) is 0 Å². The number of nitrogens with zero attached hydrogens (tertiary/aromatic N) is 3. The van der Waals surface area contributed by atoms with Gasteiger partial charge >= 0.3 is 0 Å². The first-order valence-electron chi connectivity index (χ1n) is 6.37. The zero-order chi connectivity index (χ0) is 12.3. The Balaban J connectivity index is 2.02. The van der Waals surface area contributed by atoms with Crippen LogP contribution >= 0.6 is 0 Å². The molecule has 0 atom stereocenters. The molecule has 2 heterocycles. The first kappa shape index (κ1) is 12.1. The van der Waals surface area contributed by atoms with Crippen molar-refractivity contribution in [1.82, 2.24) is 20.1 Å². The van der Waals surface area contributed by atoms with Crippen molar-refractivity contribution in [3.05, 3.63) is 11.6 Å². The summed E-state index contributed by atoms with van der Waals surface area (Å²) < 4.78 is 2.16. The highest BCUT2D eigenvalue weighted by Gasteiger charge is 2.15. The molecule has 5 heteroatoms. The van der Waals surface area contributed by atoms with Crippen LogP contribution in [-0.2, 0) is 24.3 Å². The second-order valence-electron chi connectivity index (χ2n) is 4.87. The van der Waals surface area contributed by atoms with E-state index >= 15 is 0 Å². The molecule has 5 nitrogen and oxygen atoms in total. The number of hydrogen-bond acceptors (Lipinski definition) is 3. The highest BCUT2D eigenvalue weighted by Crippen LogP contribution is 2.14. The average molecular weight is 236 g/mol. The lowest BCUT2D eigenvalue weighted by atomic mass is 10.2. The minimum absolute atomic E-state index is 0.0153. The molecule has 1 N–H and O–H groups in total. The van der Waals surface area contributed by atoms with Crippen LogP contribution in [-0.4, -0.2) is 20.7 Å². The Labute approximate surface area is 102 Å². The van der Waals surface area contributed by atoms with Crippen molar-refractivity contribution in [3.63, 3.8) is 0 Å². The maximum atomic E-state index is 11.5. The van der Waals surface area contributed by atoms with E-state index in [1.807, 2.05) is 13.8 Å². The Bertz CT molecular complexity index is 397. The standard InChI is InChI=1S/C12H20N4O/c1-9(2)12(17)13-8-11-15-14-10-6-4-3-5-7-16(10)11/h9H,3-8H2,1-2H3,(H,13,17). The van der Waals surface area contributed by atoms with Gasteiger partial charge in [-0.05, 0) is 12.8 Å². The predicted octanol–water partition coefficient (Wildman–Crippen LogP) is 1.28. The molecule has 0 saturated carbocycles. The molecule has 0 fully saturated rings. The average Bonchev–Trinajstić information content (AvgIpc) is 2.54. The summed E-state index contributed by atoms with van der Waals surface area (Å²) in [6.07, 6.45) is 4.62. The second kappa shape index (κ2) is 5.29. The van der Waals surface area contributed by atoms with Gasteiger partial charge in [-0.1, -0.05) is 20.3 Å². The molecular formula is C12H20N4O. The number of amides is 1. The maximum absolute atomic E-state index is 11.5. The molecule has 0 aliphatic carbocycles. The SMILES string of the molecule is CC(C)C(=O)NCc1nnc2n1CCCCC2. The molecule has 0 radical (unpaired) electrons. The summed E-state index contributed by atoms with van der Waals surface area (Å²) in [5, 5.41) is 11.3. The fourth-order valence-electron chi connectivity index (χ4n) is 2.05. The van der Waals surface area contributed by atoms with E-state index in [0.29, 0.717) is 6.54 Å². The Kier molecular flexibility index (Phi) is 3.76. The normalized spacial score (nSPS) is 15.5. The van der Waals surface area contributed by atoms with Gasteiger partial charge in [0.05, 0.1) is 6.54 Å². The van der Waals surface area contributed by atoms with E-state index in [-0.39, 0.29) is 11.8 Å². The van der Waals surface area contributed by atoms with Gasteiger partial charge in [0.2, 0.25) is 5.91 Å². The Hall–Kier alpha value is -1.39. The van der Waals surface area contributed by atoms with Gasteiger partial charge < -0.3 is 9.88 Å². The largest absolute Gasteiger partial charge is 0.349 e. The third-order valence-electron chi connectivity index (χ3n) is 3.13. The quantitative estimate of drug-likeness (QED) is 0.860. The van der Waals surface area contributed by atoms with Crippen LogP contribution in [0, 0.1) is 5.92 Å². The summed E-state index contributed by atoms with van der Waals surface area (Å²) in [4.78, 5) is 11.5. The van der Waals surface area contributed by atoms with E-state index < -0.39 is 0 Å². The fraction of sp³-hybridized carbons (Fsp3) is 0.750. The van der Waals surface area contributed by atoms with E-state index in [1.54, 1.807) is 0 Å². The van der Waals surface area contributed by atoms with E-state index in [0.717, 1.165) is 24.6 Å². The molecule has 0 bridgehead atoms. The van der Waals surface area contributed by atoms with Crippen LogP contribution in [0.1, 0.15) is 44.8 Å². The van der Waals surface area contributed by atoms with E-state index in [4.69, 9.17) is 0 Å². The van der Waals surface area contributed by atoms with Crippen LogP contribution in [0.2, 0.25) is 0 Å². The molecule has 94 valence electrons. The summed E-state index contributed by atoms with van der Waals surface area (Å²) in [5.74, 6) is 2.03. The van der Waals surface area contributed by atoms with Gasteiger partial charge in [-0.15, -0.1) is 10.2 Å².